The molecule has 0 bridgehead atoms. The van der Waals surface area contributed by atoms with E-state index in [9.17, 15) is 0 Å². The van der Waals surface area contributed by atoms with Crippen molar-refractivity contribution in [3.8, 4) is 0 Å². The molecule has 1 saturated carbocycles. The molecule has 17 heavy (non-hydrogen) atoms. The van der Waals surface area contributed by atoms with Gasteiger partial charge >= 0.3 is 0 Å². The van der Waals surface area contributed by atoms with E-state index in [-0.39, 0.29) is 0 Å². The maximum Gasteiger partial charge on any atom is 0.145 e. The van der Waals surface area contributed by atoms with E-state index in [4.69, 9.17) is 5.84 Å². The molecule has 0 saturated heterocycles. The molecule has 0 radical (unpaired) electrons. The third-order valence-corrected chi connectivity index (χ3v) is 3.28. The van der Waals surface area contributed by atoms with E-state index in [1.54, 1.807) is 0 Å². The van der Waals surface area contributed by atoms with Crippen LogP contribution in [0.4, 0.5) is 11.6 Å². The van der Waals surface area contributed by atoms with Crippen LogP contribution in [0.2, 0.25) is 0 Å². The number of nitrogens with two attached hydrogens (primary N) is 1. The van der Waals surface area contributed by atoms with Crippen LogP contribution in [0.15, 0.2) is 6.07 Å². The monoisotopic (exact) mass is 235 g/mol. The fraction of sp³-hybridized carbons (Fsp3) is 0.667. The second-order valence-corrected chi connectivity index (χ2v) is 4.58. The van der Waals surface area contributed by atoms with Gasteiger partial charge in [-0.25, -0.2) is 15.8 Å². The fourth-order valence-corrected chi connectivity index (χ4v) is 2.28. The quantitative estimate of drug-likeness (QED) is 0.537. The van der Waals surface area contributed by atoms with Gasteiger partial charge in [-0.1, -0.05) is 19.8 Å². The fourth-order valence-electron chi connectivity index (χ4n) is 2.28. The Morgan fingerprint density at radius 3 is 2.65 bits per heavy atom. The molecule has 94 valence electrons. The summed E-state index contributed by atoms with van der Waals surface area (Å²) < 4.78 is 0. The van der Waals surface area contributed by atoms with Crippen molar-refractivity contribution >= 4 is 11.6 Å². The van der Waals surface area contributed by atoms with Crippen molar-refractivity contribution in [1.82, 2.24) is 9.97 Å². The SMILES string of the molecule is CCc1nc(NN)cc(NCC2CCCC2)n1. The number of aromatic nitrogens is 2. The number of hydrazine groups is 1. The van der Waals surface area contributed by atoms with Crippen LogP contribution in [0.1, 0.15) is 38.4 Å². The molecule has 0 unspecified atom stereocenters. The normalized spacial score (nSPS) is 16.1. The Morgan fingerprint density at radius 1 is 1.29 bits per heavy atom. The van der Waals surface area contributed by atoms with Crippen molar-refractivity contribution in [3.05, 3.63) is 11.9 Å². The molecule has 0 spiro atoms. The van der Waals surface area contributed by atoms with E-state index in [1.807, 2.05) is 13.0 Å². The van der Waals surface area contributed by atoms with Gasteiger partial charge < -0.3 is 10.7 Å². The molecule has 5 heteroatoms. The minimum atomic E-state index is 0.672. The third kappa shape index (κ3) is 3.30. The molecular formula is C12H21N5. The molecule has 1 aliphatic rings. The topological polar surface area (TPSA) is 75.9 Å². The van der Waals surface area contributed by atoms with E-state index in [0.717, 1.165) is 30.5 Å². The number of anilines is 2. The second kappa shape index (κ2) is 5.82. The van der Waals surface area contributed by atoms with Crippen LogP contribution in [0.5, 0.6) is 0 Å². The molecule has 1 aliphatic carbocycles. The summed E-state index contributed by atoms with van der Waals surface area (Å²) in [7, 11) is 0. The number of nitrogen functional groups attached to an aromatic ring is 1. The van der Waals surface area contributed by atoms with Crippen LogP contribution in [0.25, 0.3) is 0 Å². The first-order chi connectivity index (χ1) is 8.31. The molecule has 1 heterocycles. The maximum atomic E-state index is 5.39. The van der Waals surface area contributed by atoms with Gasteiger partial charge in [-0.05, 0) is 18.8 Å². The predicted octanol–water partition coefficient (Wildman–Crippen LogP) is 1.93. The van der Waals surface area contributed by atoms with E-state index in [0.29, 0.717) is 5.82 Å². The van der Waals surface area contributed by atoms with Crippen LogP contribution in [0.3, 0.4) is 0 Å². The van der Waals surface area contributed by atoms with Gasteiger partial charge in [0.1, 0.15) is 17.5 Å². The van der Waals surface area contributed by atoms with Crippen LogP contribution >= 0.6 is 0 Å². The molecule has 0 aliphatic heterocycles. The number of hydrogen-bond donors (Lipinski definition) is 3. The largest absolute Gasteiger partial charge is 0.370 e. The van der Waals surface area contributed by atoms with E-state index >= 15 is 0 Å². The summed E-state index contributed by atoms with van der Waals surface area (Å²) in [5.41, 5.74) is 2.58. The van der Waals surface area contributed by atoms with Gasteiger partial charge in [0.25, 0.3) is 0 Å². The van der Waals surface area contributed by atoms with Gasteiger partial charge in [-0.15, -0.1) is 0 Å². The first-order valence-electron chi connectivity index (χ1n) is 6.40. The molecule has 1 fully saturated rings. The lowest BCUT2D eigenvalue weighted by Gasteiger charge is -2.12. The number of aryl methyl sites for hydroxylation is 1. The van der Waals surface area contributed by atoms with Crippen molar-refractivity contribution in [3.63, 3.8) is 0 Å². The Labute approximate surface area is 102 Å². The highest BCUT2D eigenvalue weighted by molar-refractivity contribution is 5.46. The molecule has 2 rings (SSSR count). The van der Waals surface area contributed by atoms with Crippen molar-refractivity contribution in [2.45, 2.75) is 39.0 Å². The second-order valence-electron chi connectivity index (χ2n) is 4.58. The zero-order valence-corrected chi connectivity index (χ0v) is 10.4. The predicted molar refractivity (Wildman–Crippen MR) is 69.7 cm³/mol. The van der Waals surface area contributed by atoms with Crippen LogP contribution in [-0.4, -0.2) is 16.5 Å². The van der Waals surface area contributed by atoms with Crippen LogP contribution in [0, 0.1) is 5.92 Å². The lowest BCUT2D eigenvalue weighted by atomic mass is 10.1. The molecule has 5 nitrogen and oxygen atoms in total. The summed E-state index contributed by atoms with van der Waals surface area (Å²) in [6.45, 7) is 3.04. The Bertz CT molecular complexity index is 338. The summed E-state index contributed by atoms with van der Waals surface area (Å²) in [6.07, 6.45) is 6.22. The zero-order chi connectivity index (χ0) is 12.1. The summed E-state index contributed by atoms with van der Waals surface area (Å²) in [5.74, 6) is 8.55. The lowest BCUT2D eigenvalue weighted by Crippen LogP contribution is -2.15. The molecule has 0 amide bonds. The minimum absolute atomic E-state index is 0.672. The van der Waals surface area contributed by atoms with Gasteiger partial charge in [0.15, 0.2) is 0 Å². The third-order valence-electron chi connectivity index (χ3n) is 3.28. The first-order valence-corrected chi connectivity index (χ1v) is 6.40. The molecule has 0 aromatic carbocycles. The van der Waals surface area contributed by atoms with Crippen LogP contribution in [-0.2, 0) is 6.42 Å². The van der Waals surface area contributed by atoms with Crippen molar-refractivity contribution in [2.24, 2.45) is 11.8 Å². The average molecular weight is 235 g/mol. The van der Waals surface area contributed by atoms with Gasteiger partial charge in [0.05, 0.1) is 0 Å². The Kier molecular flexibility index (Phi) is 4.14. The Morgan fingerprint density at radius 2 is 2.00 bits per heavy atom. The molecule has 4 N–H and O–H groups in total. The zero-order valence-electron chi connectivity index (χ0n) is 10.4. The average Bonchev–Trinajstić information content (AvgIpc) is 2.89. The van der Waals surface area contributed by atoms with Gasteiger partial charge in [-0.3, -0.25) is 0 Å². The van der Waals surface area contributed by atoms with Crippen molar-refractivity contribution in [1.29, 1.82) is 0 Å². The maximum absolute atomic E-state index is 5.39. The van der Waals surface area contributed by atoms with Crippen molar-refractivity contribution < 1.29 is 0 Å². The van der Waals surface area contributed by atoms with Crippen molar-refractivity contribution in [2.75, 3.05) is 17.3 Å². The number of nitrogens with one attached hydrogen (secondary N) is 2. The highest BCUT2D eigenvalue weighted by atomic mass is 15.3. The van der Waals surface area contributed by atoms with E-state index in [1.165, 1.54) is 25.7 Å². The molecule has 1 aromatic heterocycles. The van der Waals surface area contributed by atoms with E-state index < -0.39 is 0 Å². The number of rotatable bonds is 5. The molecule has 1 aromatic rings. The Hall–Kier alpha value is -1.36. The molecule has 0 atom stereocenters. The number of nitrogens with zero attached hydrogens (tertiary/aromatic N) is 2. The summed E-state index contributed by atoms with van der Waals surface area (Å²) in [5, 5.41) is 3.39. The van der Waals surface area contributed by atoms with Gasteiger partial charge in [0.2, 0.25) is 0 Å². The van der Waals surface area contributed by atoms with Gasteiger partial charge in [0, 0.05) is 19.0 Å². The summed E-state index contributed by atoms with van der Waals surface area (Å²) in [4.78, 5) is 8.71. The van der Waals surface area contributed by atoms with E-state index in [2.05, 4.69) is 20.7 Å². The lowest BCUT2D eigenvalue weighted by molar-refractivity contribution is 0.578. The highest BCUT2D eigenvalue weighted by Crippen LogP contribution is 2.24. The Balaban J connectivity index is 1.98. The minimum Gasteiger partial charge on any atom is -0.370 e. The molecular weight excluding hydrogens is 214 g/mol. The standard InChI is InChI=1S/C12H21N5/c1-2-10-15-11(7-12(16-10)17-13)14-8-9-5-3-4-6-9/h7,9H,2-6,8,13H2,1H3,(H2,14,15,16,17). The smallest absolute Gasteiger partial charge is 0.145 e. The van der Waals surface area contributed by atoms with Crippen LogP contribution < -0.4 is 16.6 Å². The highest BCUT2D eigenvalue weighted by Gasteiger charge is 2.14. The number of hydrogen-bond acceptors (Lipinski definition) is 5. The van der Waals surface area contributed by atoms with Gasteiger partial charge in [-0.2, -0.15) is 0 Å². The summed E-state index contributed by atoms with van der Waals surface area (Å²) in [6, 6.07) is 1.86. The first kappa shape index (κ1) is 12.1. The summed E-state index contributed by atoms with van der Waals surface area (Å²) >= 11 is 0.